The Morgan fingerprint density at radius 3 is 2.69 bits per heavy atom. The van der Waals surface area contributed by atoms with Gasteiger partial charge in [-0.1, -0.05) is 19.9 Å². The smallest absolute Gasteiger partial charge is 0.324 e. The number of carbonyl (C=O) groups excluding carboxylic acids is 3. The molecule has 6 rings (SSSR count). The van der Waals surface area contributed by atoms with Gasteiger partial charge in [0.25, 0.3) is 0 Å². The van der Waals surface area contributed by atoms with E-state index in [1.54, 1.807) is 6.92 Å². The van der Waals surface area contributed by atoms with E-state index >= 15 is 0 Å². The molecule has 29 heavy (non-hydrogen) atoms. The van der Waals surface area contributed by atoms with Crippen molar-refractivity contribution in [1.82, 2.24) is 0 Å². The predicted molar refractivity (Wildman–Crippen MR) is 106 cm³/mol. The summed E-state index contributed by atoms with van der Waals surface area (Å²) in [7, 11) is 0. The summed E-state index contributed by atoms with van der Waals surface area (Å²) in [4.78, 5) is 39.5. The van der Waals surface area contributed by atoms with E-state index in [1.165, 1.54) is 0 Å². The van der Waals surface area contributed by atoms with Crippen molar-refractivity contribution >= 4 is 29.3 Å². The Hall–Kier alpha value is -1.36. The molecule has 4 bridgehead atoms. The minimum Gasteiger partial charge on any atom is -0.465 e. The number of halogens is 1. The maximum atomic E-state index is 13.6. The van der Waals surface area contributed by atoms with E-state index in [0.29, 0.717) is 25.0 Å². The molecule has 3 unspecified atom stereocenters. The lowest BCUT2D eigenvalue weighted by molar-refractivity contribution is -0.257. The second-order valence-corrected chi connectivity index (χ2v) is 11.0. The summed E-state index contributed by atoms with van der Waals surface area (Å²) in [5, 5.41) is -0.773. The number of ether oxygens (including phenoxy) is 2. The maximum absolute atomic E-state index is 13.6. The molecule has 0 aromatic rings. The number of alkyl halides is 1. The van der Waals surface area contributed by atoms with Gasteiger partial charge in [-0.25, -0.2) is 0 Å². The zero-order chi connectivity index (χ0) is 20.8. The average molecular weight is 421 g/mol. The molecule has 0 aromatic carbocycles. The lowest BCUT2D eigenvalue weighted by Crippen LogP contribution is -2.73. The second-order valence-electron chi connectivity index (χ2n) is 10.4. The van der Waals surface area contributed by atoms with Gasteiger partial charge in [-0.2, -0.15) is 0 Å². The molecule has 158 valence electrons. The van der Waals surface area contributed by atoms with Crippen molar-refractivity contribution < 1.29 is 23.9 Å². The zero-order valence-corrected chi connectivity index (χ0v) is 17.9. The number of allylic oxidation sites excluding steroid dienone is 1. The van der Waals surface area contributed by atoms with Crippen molar-refractivity contribution in [2.45, 2.75) is 70.3 Å². The number of hydrogen-bond donors (Lipinski definition) is 0. The molecule has 6 heteroatoms. The lowest BCUT2D eigenvalue weighted by Gasteiger charge is -2.69. The third-order valence-electron chi connectivity index (χ3n) is 9.20. The quantitative estimate of drug-likeness (QED) is 0.386. The van der Waals surface area contributed by atoms with E-state index in [-0.39, 0.29) is 34.9 Å². The third kappa shape index (κ3) is 2.26. The molecule has 5 aliphatic carbocycles. The maximum Gasteiger partial charge on any atom is 0.324 e. The number of carbonyl (C=O) groups is 3. The van der Waals surface area contributed by atoms with Gasteiger partial charge in [-0.3, -0.25) is 14.4 Å². The highest BCUT2D eigenvalue weighted by Gasteiger charge is 2.76. The largest absolute Gasteiger partial charge is 0.465 e. The number of hydrogen-bond acceptors (Lipinski definition) is 5. The highest BCUT2D eigenvalue weighted by Crippen LogP contribution is 2.73. The average Bonchev–Trinajstić information content (AvgIpc) is 2.69. The number of rotatable bonds is 2. The van der Waals surface area contributed by atoms with Crippen LogP contribution in [0.1, 0.15) is 58.8 Å². The number of Topliss-reactive ketones (excluding diaryl/α,β-unsaturated/α-hetero) is 1. The molecule has 6 aliphatic rings. The molecule has 1 heterocycles. The molecule has 8 atom stereocenters. The minimum atomic E-state index is -0.863. The van der Waals surface area contributed by atoms with Gasteiger partial charge in [0, 0.05) is 5.41 Å². The Balaban J connectivity index is 1.67. The van der Waals surface area contributed by atoms with E-state index in [0.717, 1.165) is 32.1 Å². The summed E-state index contributed by atoms with van der Waals surface area (Å²) >= 11 is 6.02. The summed E-state index contributed by atoms with van der Waals surface area (Å²) in [6.07, 6.45) is 4.97. The van der Waals surface area contributed by atoms with Crippen molar-refractivity contribution in [3.63, 3.8) is 0 Å². The summed E-state index contributed by atoms with van der Waals surface area (Å²) < 4.78 is 11.7. The van der Waals surface area contributed by atoms with Crippen LogP contribution in [0.2, 0.25) is 0 Å². The van der Waals surface area contributed by atoms with Crippen LogP contribution in [-0.4, -0.2) is 35.8 Å². The van der Waals surface area contributed by atoms with Crippen molar-refractivity contribution in [1.29, 1.82) is 0 Å². The topological polar surface area (TPSA) is 69.7 Å². The van der Waals surface area contributed by atoms with Crippen LogP contribution in [0, 0.1) is 34.0 Å². The van der Waals surface area contributed by atoms with Crippen molar-refractivity contribution in [2.75, 3.05) is 6.61 Å². The van der Waals surface area contributed by atoms with Crippen molar-refractivity contribution in [3.8, 4) is 0 Å². The van der Waals surface area contributed by atoms with Gasteiger partial charge in [0.2, 0.25) is 0 Å². The molecule has 5 nitrogen and oxygen atoms in total. The fraction of sp³-hybridized carbons (Fsp3) is 0.783. The molecule has 0 radical (unpaired) electrons. The Labute approximate surface area is 176 Å². The van der Waals surface area contributed by atoms with Crippen molar-refractivity contribution in [3.05, 3.63) is 12.2 Å². The van der Waals surface area contributed by atoms with Crippen LogP contribution in [0.3, 0.4) is 0 Å². The molecule has 0 aromatic heterocycles. The van der Waals surface area contributed by atoms with E-state index in [2.05, 4.69) is 13.5 Å². The molecule has 6 fully saturated rings. The van der Waals surface area contributed by atoms with Crippen LogP contribution >= 0.6 is 11.6 Å². The van der Waals surface area contributed by atoms with Crippen LogP contribution in [0.25, 0.3) is 0 Å². The SMILES string of the molecule is C=C1C(=O)[C@]23CC[C@H]1CC2C12CCC[C@@](C)(COC1=O)C2C[C@H]3OC(=O)[C@@H](C)Cl. The normalized spacial score (nSPS) is 49.0. The summed E-state index contributed by atoms with van der Waals surface area (Å²) in [5.41, 5.74) is -0.999. The first-order chi connectivity index (χ1) is 13.7. The van der Waals surface area contributed by atoms with Gasteiger partial charge in [-0.15, -0.1) is 11.6 Å². The first kappa shape index (κ1) is 19.6. The van der Waals surface area contributed by atoms with Gasteiger partial charge >= 0.3 is 11.9 Å². The third-order valence-corrected chi connectivity index (χ3v) is 9.38. The monoisotopic (exact) mass is 420 g/mol. The molecule has 1 spiro atoms. The number of cyclic esters (lactones) is 1. The highest BCUT2D eigenvalue weighted by atomic mass is 35.5. The van der Waals surface area contributed by atoms with Crippen molar-refractivity contribution in [2.24, 2.45) is 34.0 Å². The van der Waals surface area contributed by atoms with Gasteiger partial charge in [0.15, 0.2) is 5.78 Å². The predicted octanol–water partition coefficient (Wildman–Crippen LogP) is 3.82. The van der Waals surface area contributed by atoms with Crippen LogP contribution < -0.4 is 0 Å². The van der Waals surface area contributed by atoms with Crippen LogP contribution in [-0.2, 0) is 23.9 Å². The Bertz CT molecular complexity index is 820. The molecular weight excluding hydrogens is 392 g/mol. The first-order valence-corrected chi connectivity index (χ1v) is 11.4. The molecule has 0 amide bonds. The van der Waals surface area contributed by atoms with E-state index in [1.807, 2.05) is 0 Å². The van der Waals surface area contributed by atoms with Gasteiger partial charge in [0.05, 0.1) is 17.4 Å². The van der Waals surface area contributed by atoms with E-state index in [4.69, 9.17) is 21.1 Å². The van der Waals surface area contributed by atoms with Crippen LogP contribution in [0.5, 0.6) is 0 Å². The Morgan fingerprint density at radius 1 is 1.21 bits per heavy atom. The number of ketones is 1. The summed E-state index contributed by atoms with van der Waals surface area (Å²) in [6.45, 7) is 8.29. The molecule has 1 saturated heterocycles. The minimum absolute atomic E-state index is 0.00324. The van der Waals surface area contributed by atoms with E-state index in [9.17, 15) is 14.4 Å². The van der Waals surface area contributed by atoms with Gasteiger partial charge in [0.1, 0.15) is 11.5 Å². The number of esters is 2. The van der Waals surface area contributed by atoms with E-state index < -0.39 is 28.3 Å². The molecule has 1 aliphatic heterocycles. The highest BCUT2D eigenvalue weighted by molar-refractivity contribution is 6.29. The molecule has 0 N–H and O–H groups in total. The Kier molecular flexibility index (Phi) is 4.11. The molecular formula is C23H29ClO5. The fourth-order valence-corrected chi connectivity index (χ4v) is 7.93. The first-order valence-electron chi connectivity index (χ1n) is 10.9. The fourth-order valence-electron chi connectivity index (χ4n) is 7.88. The van der Waals surface area contributed by atoms with Gasteiger partial charge < -0.3 is 9.47 Å². The lowest BCUT2D eigenvalue weighted by atomic mass is 9.35. The van der Waals surface area contributed by atoms with Gasteiger partial charge in [-0.05, 0) is 68.8 Å². The number of fused-ring (bicyclic) bond motifs is 2. The van der Waals surface area contributed by atoms with Crippen LogP contribution in [0.4, 0.5) is 0 Å². The molecule has 5 saturated carbocycles. The van der Waals surface area contributed by atoms with Crippen LogP contribution in [0.15, 0.2) is 12.2 Å². The summed E-state index contributed by atoms with van der Waals surface area (Å²) in [6, 6.07) is 0. The second kappa shape index (κ2) is 6.09. The zero-order valence-electron chi connectivity index (χ0n) is 17.2. The Morgan fingerprint density at radius 2 is 1.97 bits per heavy atom. The summed E-state index contributed by atoms with van der Waals surface area (Å²) in [5.74, 6) is -0.589. The standard InChI is InChI=1S/C23H29ClO5/c1-12-14-5-8-23(18(12)25)16(9-14)22-7-4-6-21(3,11-28-20(22)27)15(22)10-17(23)29-19(26)13(2)24/h13-17H,1,4-11H2,2-3H3/t13-,14+,15?,16?,17-,21+,22?,23-/m1/s1.